The summed E-state index contributed by atoms with van der Waals surface area (Å²) in [6.45, 7) is 1.73. The zero-order chi connectivity index (χ0) is 17.3. The minimum Gasteiger partial charge on any atom is -0.497 e. The van der Waals surface area contributed by atoms with Gasteiger partial charge in [0, 0.05) is 24.2 Å². The molecule has 7 nitrogen and oxygen atoms in total. The summed E-state index contributed by atoms with van der Waals surface area (Å²) in [5.74, 6) is 0.758. The number of nitrogens with two attached hydrogens (primary N) is 1. The minimum absolute atomic E-state index is 0.0414. The Kier molecular flexibility index (Phi) is 4.62. The standard InChI is InChI=1S/C16H22N4O3S/c1-19-8-7-14(19)11-20-10-13(16(18-20)24(17,21)22)9-12-3-5-15(23-2)6-4-12/h3-6,10,14H,7-9,11H2,1-2H3,(H2,17,21,22). The van der Waals surface area contributed by atoms with Crippen molar-refractivity contribution in [3.63, 3.8) is 0 Å². The van der Waals surface area contributed by atoms with E-state index in [9.17, 15) is 8.42 Å². The average Bonchev–Trinajstić information content (AvgIpc) is 2.95. The number of methoxy groups -OCH3 is 1. The third kappa shape index (κ3) is 3.61. The number of aromatic nitrogens is 2. The molecule has 3 rings (SSSR count). The van der Waals surface area contributed by atoms with Gasteiger partial charge in [-0.3, -0.25) is 4.68 Å². The Morgan fingerprint density at radius 2 is 2.04 bits per heavy atom. The van der Waals surface area contributed by atoms with Crippen LogP contribution in [-0.4, -0.2) is 49.8 Å². The quantitative estimate of drug-likeness (QED) is 0.833. The lowest BCUT2D eigenvalue weighted by atomic mass is 10.1. The van der Waals surface area contributed by atoms with Crippen LogP contribution in [-0.2, 0) is 23.0 Å². The van der Waals surface area contributed by atoms with Gasteiger partial charge < -0.3 is 9.64 Å². The molecule has 1 aromatic heterocycles. The number of hydrogen-bond donors (Lipinski definition) is 1. The highest BCUT2D eigenvalue weighted by molar-refractivity contribution is 7.89. The predicted molar refractivity (Wildman–Crippen MR) is 90.4 cm³/mol. The van der Waals surface area contributed by atoms with E-state index in [4.69, 9.17) is 9.88 Å². The largest absolute Gasteiger partial charge is 0.497 e. The molecule has 0 saturated carbocycles. The van der Waals surface area contributed by atoms with Gasteiger partial charge in [-0.05, 0) is 37.7 Å². The molecular weight excluding hydrogens is 328 g/mol. The summed E-state index contributed by atoms with van der Waals surface area (Å²) in [5.41, 5.74) is 1.59. The lowest BCUT2D eigenvalue weighted by Gasteiger charge is -2.37. The van der Waals surface area contributed by atoms with Gasteiger partial charge in [-0.25, -0.2) is 13.6 Å². The van der Waals surface area contributed by atoms with Crippen molar-refractivity contribution in [2.75, 3.05) is 20.7 Å². The summed E-state index contributed by atoms with van der Waals surface area (Å²) < 4.78 is 30.6. The number of hydrogen-bond acceptors (Lipinski definition) is 5. The average molecular weight is 350 g/mol. The van der Waals surface area contributed by atoms with Crippen molar-refractivity contribution in [2.45, 2.75) is 30.5 Å². The molecule has 1 fully saturated rings. The minimum atomic E-state index is -3.85. The highest BCUT2D eigenvalue weighted by Crippen LogP contribution is 2.21. The van der Waals surface area contributed by atoms with Gasteiger partial charge in [-0.2, -0.15) is 5.10 Å². The molecule has 1 unspecified atom stereocenters. The molecule has 0 amide bonds. The Bertz CT molecular complexity index is 814. The van der Waals surface area contributed by atoms with E-state index in [2.05, 4.69) is 17.0 Å². The Morgan fingerprint density at radius 1 is 1.33 bits per heavy atom. The fourth-order valence-corrected chi connectivity index (χ4v) is 3.59. The fourth-order valence-electron chi connectivity index (χ4n) is 2.88. The van der Waals surface area contributed by atoms with Crippen LogP contribution in [0.2, 0.25) is 0 Å². The molecule has 2 N–H and O–H groups in total. The van der Waals surface area contributed by atoms with E-state index in [1.165, 1.54) is 0 Å². The summed E-state index contributed by atoms with van der Waals surface area (Å²) in [7, 11) is -0.195. The number of sulfonamides is 1. The van der Waals surface area contributed by atoms with Crippen LogP contribution in [0.3, 0.4) is 0 Å². The van der Waals surface area contributed by atoms with Crippen LogP contribution < -0.4 is 9.88 Å². The zero-order valence-electron chi connectivity index (χ0n) is 13.8. The zero-order valence-corrected chi connectivity index (χ0v) is 14.7. The van der Waals surface area contributed by atoms with Crippen LogP contribution in [0, 0.1) is 0 Å². The first-order chi connectivity index (χ1) is 11.4. The topological polar surface area (TPSA) is 90.4 Å². The van der Waals surface area contributed by atoms with Gasteiger partial charge >= 0.3 is 0 Å². The summed E-state index contributed by atoms with van der Waals surface area (Å²) in [4.78, 5) is 2.22. The molecule has 1 atom stereocenters. The van der Waals surface area contributed by atoms with Crippen molar-refractivity contribution in [3.8, 4) is 5.75 Å². The Hall–Kier alpha value is -1.90. The van der Waals surface area contributed by atoms with Gasteiger partial charge in [0.25, 0.3) is 10.0 Å². The number of nitrogens with zero attached hydrogens (tertiary/aromatic N) is 3. The second-order valence-electron chi connectivity index (χ2n) is 6.17. The van der Waals surface area contributed by atoms with E-state index in [1.807, 2.05) is 24.3 Å². The lowest BCUT2D eigenvalue weighted by Crippen LogP contribution is -2.47. The van der Waals surface area contributed by atoms with Crippen LogP contribution in [0.15, 0.2) is 35.5 Å². The maximum Gasteiger partial charge on any atom is 0.257 e. The monoisotopic (exact) mass is 350 g/mol. The molecule has 2 heterocycles. The summed E-state index contributed by atoms with van der Waals surface area (Å²) >= 11 is 0. The van der Waals surface area contributed by atoms with Crippen LogP contribution in [0.5, 0.6) is 5.75 Å². The van der Waals surface area contributed by atoms with Gasteiger partial charge in [-0.15, -0.1) is 0 Å². The third-order valence-corrected chi connectivity index (χ3v) is 5.34. The molecule has 1 aliphatic heterocycles. The highest BCUT2D eigenvalue weighted by Gasteiger charge is 2.26. The molecule has 8 heteroatoms. The van der Waals surface area contributed by atoms with E-state index in [0.29, 0.717) is 24.6 Å². The SMILES string of the molecule is COc1ccc(Cc2cn(CC3CCN3C)nc2S(N)(=O)=O)cc1. The van der Waals surface area contributed by atoms with Gasteiger partial charge in [0.2, 0.25) is 0 Å². The second kappa shape index (κ2) is 6.54. The number of primary sulfonamides is 1. The third-order valence-electron chi connectivity index (χ3n) is 4.46. The second-order valence-corrected chi connectivity index (χ2v) is 7.65. The molecule has 0 radical (unpaired) electrons. The summed E-state index contributed by atoms with van der Waals surface area (Å²) in [6, 6.07) is 7.90. The molecule has 1 aromatic carbocycles. The van der Waals surface area contributed by atoms with Crippen LogP contribution >= 0.6 is 0 Å². The number of likely N-dealkylation sites (tertiary alicyclic amines) is 1. The first kappa shape index (κ1) is 16.9. The fraction of sp³-hybridized carbons (Fsp3) is 0.438. The summed E-state index contributed by atoms with van der Waals surface area (Å²) in [5, 5.41) is 9.52. The Balaban J connectivity index is 1.85. The van der Waals surface area contributed by atoms with Crippen LogP contribution in [0.1, 0.15) is 17.5 Å². The lowest BCUT2D eigenvalue weighted by molar-refractivity contribution is 0.106. The van der Waals surface area contributed by atoms with Gasteiger partial charge in [0.05, 0.1) is 13.7 Å². The maximum absolute atomic E-state index is 11.9. The van der Waals surface area contributed by atoms with E-state index < -0.39 is 10.0 Å². The highest BCUT2D eigenvalue weighted by atomic mass is 32.2. The van der Waals surface area contributed by atoms with Crippen molar-refractivity contribution in [2.24, 2.45) is 5.14 Å². The molecule has 24 heavy (non-hydrogen) atoms. The van der Waals surface area contributed by atoms with E-state index in [1.54, 1.807) is 18.0 Å². The van der Waals surface area contributed by atoms with Crippen molar-refractivity contribution in [1.82, 2.24) is 14.7 Å². The maximum atomic E-state index is 11.9. The molecule has 1 aliphatic rings. The molecule has 0 spiro atoms. The number of ether oxygens (including phenoxy) is 1. The molecular formula is C16H22N4O3S. The van der Waals surface area contributed by atoms with E-state index in [0.717, 1.165) is 24.3 Å². The molecule has 1 saturated heterocycles. The predicted octanol–water partition coefficient (Wildman–Crippen LogP) is 0.834. The van der Waals surface area contributed by atoms with Crippen molar-refractivity contribution >= 4 is 10.0 Å². The Labute approximate surface area is 142 Å². The van der Waals surface area contributed by atoms with Gasteiger partial charge in [0.15, 0.2) is 5.03 Å². The van der Waals surface area contributed by atoms with E-state index >= 15 is 0 Å². The van der Waals surface area contributed by atoms with Crippen molar-refractivity contribution in [3.05, 3.63) is 41.6 Å². The van der Waals surface area contributed by atoms with Gasteiger partial charge in [0.1, 0.15) is 5.75 Å². The molecule has 0 bridgehead atoms. The number of rotatable bonds is 6. The first-order valence-electron chi connectivity index (χ1n) is 7.79. The van der Waals surface area contributed by atoms with E-state index in [-0.39, 0.29) is 5.03 Å². The van der Waals surface area contributed by atoms with Crippen molar-refractivity contribution < 1.29 is 13.2 Å². The van der Waals surface area contributed by atoms with Gasteiger partial charge in [-0.1, -0.05) is 12.1 Å². The molecule has 2 aromatic rings. The van der Waals surface area contributed by atoms with Crippen LogP contribution in [0.25, 0.3) is 0 Å². The molecule has 130 valence electrons. The summed E-state index contributed by atoms with van der Waals surface area (Å²) in [6.07, 6.45) is 3.33. The number of benzene rings is 1. The molecule has 0 aliphatic carbocycles. The number of likely N-dealkylation sites (N-methyl/N-ethyl adjacent to an activating group) is 1. The normalized spacial score (nSPS) is 18.4. The Morgan fingerprint density at radius 3 is 2.54 bits per heavy atom. The smallest absolute Gasteiger partial charge is 0.257 e. The first-order valence-corrected chi connectivity index (χ1v) is 9.34. The van der Waals surface area contributed by atoms with Crippen LogP contribution in [0.4, 0.5) is 0 Å². The van der Waals surface area contributed by atoms with Crippen molar-refractivity contribution in [1.29, 1.82) is 0 Å².